The number of carbonyl (C=O) groups is 1. The van der Waals surface area contributed by atoms with Gasteiger partial charge in [-0.3, -0.25) is 4.79 Å². The van der Waals surface area contributed by atoms with Crippen molar-refractivity contribution >= 4 is 16.9 Å². The van der Waals surface area contributed by atoms with E-state index in [9.17, 15) is 4.79 Å². The molecule has 1 aromatic carbocycles. The molecular weight excluding hydrogens is 206 g/mol. The molecule has 0 unspecified atom stereocenters. The Bertz CT molecular complexity index is 542. The van der Waals surface area contributed by atoms with Gasteiger partial charge in [-0.05, 0) is 24.6 Å². The van der Waals surface area contributed by atoms with Crippen LogP contribution in [-0.4, -0.2) is 22.8 Å². The molecule has 0 aliphatic heterocycles. The molecule has 1 aromatic heterocycles. The molecule has 84 valence electrons. The first-order valence-corrected chi connectivity index (χ1v) is 4.97. The number of hydrogen-bond donors (Lipinski definition) is 1. The van der Waals surface area contributed by atoms with Gasteiger partial charge in [0.1, 0.15) is 12.3 Å². The van der Waals surface area contributed by atoms with Crippen molar-refractivity contribution in [1.29, 1.82) is 0 Å². The third kappa shape index (κ3) is 1.62. The van der Waals surface area contributed by atoms with Crippen LogP contribution in [0.3, 0.4) is 0 Å². The van der Waals surface area contributed by atoms with Gasteiger partial charge in [-0.25, -0.2) is 0 Å². The highest BCUT2D eigenvalue weighted by Gasteiger charge is 2.11. The summed E-state index contributed by atoms with van der Waals surface area (Å²) in [5, 5.41) is 9.79. The summed E-state index contributed by atoms with van der Waals surface area (Å²) in [5.41, 5.74) is 1.91. The Hall–Kier alpha value is -1.97. The summed E-state index contributed by atoms with van der Waals surface area (Å²) in [6.45, 7) is 1.92. The van der Waals surface area contributed by atoms with Crippen LogP contribution in [0, 0.1) is 6.92 Å². The molecule has 0 atom stereocenters. The maximum atomic E-state index is 10.7. The van der Waals surface area contributed by atoms with Crippen LogP contribution in [0.25, 0.3) is 10.9 Å². The Labute approximate surface area is 93.1 Å². The van der Waals surface area contributed by atoms with Crippen LogP contribution >= 0.6 is 0 Å². The minimum absolute atomic E-state index is 0.0303. The molecule has 2 rings (SSSR count). The summed E-state index contributed by atoms with van der Waals surface area (Å²) < 4.78 is 6.98. The molecule has 0 aliphatic carbocycles. The average Bonchev–Trinajstić information content (AvgIpc) is 2.55. The van der Waals surface area contributed by atoms with E-state index in [0.717, 1.165) is 22.2 Å². The summed E-state index contributed by atoms with van der Waals surface area (Å²) in [7, 11) is 1.61. The molecule has 4 heteroatoms. The van der Waals surface area contributed by atoms with Crippen molar-refractivity contribution in [2.75, 3.05) is 7.11 Å². The Morgan fingerprint density at radius 2 is 2.25 bits per heavy atom. The van der Waals surface area contributed by atoms with Crippen LogP contribution in [0.15, 0.2) is 24.4 Å². The molecule has 2 aromatic rings. The van der Waals surface area contributed by atoms with E-state index >= 15 is 0 Å². The summed E-state index contributed by atoms with van der Waals surface area (Å²) in [6, 6.07) is 5.63. The minimum Gasteiger partial charge on any atom is -0.496 e. The van der Waals surface area contributed by atoms with Gasteiger partial charge in [0.2, 0.25) is 0 Å². The van der Waals surface area contributed by atoms with Crippen LogP contribution in [0.5, 0.6) is 5.75 Å². The second-order valence-electron chi connectivity index (χ2n) is 3.69. The zero-order valence-electron chi connectivity index (χ0n) is 9.23. The SMILES string of the molecule is COc1cccc2c1c(C)cn2CC(=O)O. The van der Waals surface area contributed by atoms with E-state index in [0.29, 0.717) is 0 Å². The first kappa shape index (κ1) is 10.5. The molecule has 0 saturated carbocycles. The molecule has 1 heterocycles. The number of carboxylic acid groups (broad SMARTS) is 1. The Morgan fingerprint density at radius 3 is 2.88 bits per heavy atom. The van der Waals surface area contributed by atoms with E-state index < -0.39 is 5.97 Å². The third-order valence-corrected chi connectivity index (χ3v) is 2.58. The zero-order valence-corrected chi connectivity index (χ0v) is 9.23. The number of carboxylic acids is 1. The maximum absolute atomic E-state index is 10.7. The van der Waals surface area contributed by atoms with Crippen LogP contribution < -0.4 is 4.74 Å². The molecule has 0 spiro atoms. The van der Waals surface area contributed by atoms with Crippen LogP contribution in [0.1, 0.15) is 5.56 Å². The van der Waals surface area contributed by atoms with Gasteiger partial charge < -0.3 is 14.4 Å². The fourth-order valence-electron chi connectivity index (χ4n) is 1.97. The quantitative estimate of drug-likeness (QED) is 0.859. The number of rotatable bonds is 3. The number of aromatic nitrogens is 1. The fourth-order valence-corrected chi connectivity index (χ4v) is 1.97. The smallest absolute Gasteiger partial charge is 0.323 e. The van der Waals surface area contributed by atoms with Crippen molar-refractivity contribution in [3.63, 3.8) is 0 Å². The van der Waals surface area contributed by atoms with Gasteiger partial charge in [0.05, 0.1) is 12.6 Å². The number of methoxy groups -OCH3 is 1. The lowest BCUT2D eigenvalue weighted by atomic mass is 10.2. The van der Waals surface area contributed by atoms with E-state index in [4.69, 9.17) is 9.84 Å². The summed E-state index contributed by atoms with van der Waals surface area (Å²) >= 11 is 0. The number of ether oxygens (including phenoxy) is 1. The van der Waals surface area contributed by atoms with Crippen LogP contribution in [0.2, 0.25) is 0 Å². The number of aliphatic carboxylic acids is 1. The van der Waals surface area contributed by atoms with Crippen molar-refractivity contribution in [2.24, 2.45) is 0 Å². The molecule has 0 saturated heterocycles. The van der Waals surface area contributed by atoms with E-state index in [1.54, 1.807) is 11.7 Å². The second kappa shape index (κ2) is 3.89. The lowest BCUT2D eigenvalue weighted by Gasteiger charge is -2.04. The van der Waals surface area contributed by atoms with E-state index in [1.165, 1.54) is 0 Å². The molecule has 0 fully saturated rings. The molecule has 1 N–H and O–H groups in total. The molecule has 16 heavy (non-hydrogen) atoms. The maximum Gasteiger partial charge on any atom is 0.323 e. The second-order valence-corrected chi connectivity index (χ2v) is 3.69. The topological polar surface area (TPSA) is 51.5 Å². The molecule has 0 amide bonds. The highest BCUT2D eigenvalue weighted by atomic mass is 16.5. The Balaban J connectivity index is 2.66. The Morgan fingerprint density at radius 1 is 1.50 bits per heavy atom. The largest absolute Gasteiger partial charge is 0.496 e. The first-order chi connectivity index (χ1) is 7.63. The van der Waals surface area contributed by atoms with Crippen molar-refractivity contribution in [3.05, 3.63) is 30.0 Å². The van der Waals surface area contributed by atoms with Crippen LogP contribution in [0.4, 0.5) is 0 Å². The summed E-state index contributed by atoms with van der Waals surface area (Å²) in [6.07, 6.45) is 1.83. The summed E-state index contributed by atoms with van der Waals surface area (Å²) in [4.78, 5) is 10.7. The molecular formula is C12H13NO3. The highest BCUT2D eigenvalue weighted by molar-refractivity contribution is 5.90. The number of benzene rings is 1. The zero-order chi connectivity index (χ0) is 11.7. The lowest BCUT2D eigenvalue weighted by Crippen LogP contribution is -2.07. The predicted molar refractivity (Wildman–Crippen MR) is 60.9 cm³/mol. The van der Waals surface area contributed by atoms with Gasteiger partial charge in [0, 0.05) is 11.6 Å². The molecule has 0 bridgehead atoms. The summed E-state index contributed by atoms with van der Waals surface area (Å²) in [5.74, 6) is -0.0705. The van der Waals surface area contributed by atoms with Crippen LogP contribution in [-0.2, 0) is 11.3 Å². The number of fused-ring (bicyclic) bond motifs is 1. The van der Waals surface area contributed by atoms with Gasteiger partial charge in [-0.1, -0.05) is 6.07 Å². The van der Waals surface area contributed by atoms with Gasteiger partial charge in [0.15, 0.2) is 0 Å². The standard InChI is InChI=1S/C12H13NO3/c1-8-6-13(7-11(14)15)9-4-3-5-10(16-2)12(8)9/h3-6H,7H2,1-2H3,(H,14,15). The number of nitrogens with zero attached hydrogens (tertiary/aromatic N) is 1. The number of hydrogen-bond acceptors (Lipinski definition) is 2. The van der Waals surface area contributed by atoms with Crippen molar-refractivity contribution in [2.45, 2.75) is 13.5 Å². The minimum atomic E-state index is -0.847. The fraction of sp³-hybridized carbons (Fsp3) is 0.250. The average molecular weight is 219 g/mol. The normalized spacial score (nSPS) is 10.6. The van der Waals surface area contributed by atoms with E-state index in [1.807, 2.05) is 31.3 Å². The number of aryl methyl sites for hydroxylation is 1. The van der Waals surface area contributed by atoms with Crippen molar-refractivity contribution in [3.8, 4) is 5.75 Å². The monoisotopic (exact) mass is 219 g/mol. The van der Waals surface area contributed by atoms with Crippen molar-refractivity contribution < 1.29 is 14.6 Å². The predicted octanol–water partition coefficient (Wildman–Crippen LogP) is 2.04. The van der Waals surface area contributed by atoms with Gasteiger partial charge in [-0.2, -0.15) is 0 Å². The van der Waals surface area contributed by atoms with Crippen molar-refractivity contribution in [1.82, 2.24) is 4.57 Å². The van der Waals surface area contributed by atoms with E-state index in [-0.39, 0.29) is 6.54 Å². The first-order valence-electron chi connectivity index (χ1n) is 4.97. The molecule has 4 nitrogen and oxygen atoms in total. The lowest BCUT2D eigenvalue weighted by molar-refractivity contribution is -0.137. The van der Waals surface area contributed by atoms with Gasteiger partial charge in [-0.15, -0.1) is 0 Å². The van der Waals surface area contributed by atoms with Gasteiger partial charge >= 0.3 is 5.97 Å². The third-order valence-electron chi connectivity index (χ3n) is 2.58. The molecule has 0 radical (unpaired) electrons. The Kier molecular flexibility index (Phi) is 2.56. The van der Waals surface area contributed by atoms with E-state index in [2.05, 4.69) is 0 Å². The molecule has 0 aliphatic rings. The van der Waals surface area contributed by atoms with Gasteiger partial charge in [0.25, 0.3) is 0 Å². The highest BCUT2D eigenvalue weighted by Crippen LogP contribution is 2.29.